The molecular weight excluding hydrogens is 218 g/mol. The Morgan fingerprint density at radius 2 is 2.35 bits per heavy atom. The molecule has 1 aliphatic rings. The van der Waals surface area contributed by atoms with Gasteiger partial charge in [-0.05, 0) is 24.0 Å². The average Bonchev–Trinajstić information content (AvgIpc) is 3.05. The van der Waals surface area contributed by atoms with E-state index in [2.05, 4.69) is 4.98 Å². The summed E-state index contributed by atoms with van der Waals surface area (Å²) >= 11 is 0. The average molecular weight is 235 g/mol. The van der Waals surface area contributed by atoms with Crippen molar-refractivity contribution in [2.45, 2.75) is 26.2 Å². The molecular formula is C13H17NO3. The normalized spacial score (nSPS) is 22.5. The first-order valence-corrected chi connectivity index (χ1v) is 5.88. The number of pyridine rings is 1. The van der Waals surface area contributed by atoms with Gasteiger partial charge in [0, 0.05) is 12.1 Å². The van der Waals surface area contributed by atoms with Crippen LogP contribution in [0.15, 0.2) is 18.5 Å². The smallest absolute Gasteiger partial charge is 0.308 e. The van der Waals surface area contributed by atoms with Crippen LogP contribution in [0.5, 0.6) is 5.75 Å². The number of carbonyl (C=O) groups excluding carboxylic acids is 1. The van der Waals surface area contributed by atoms with Crippen molar-refractivity contribution in [3.63, 3.8) is 0 Å². The maximum absolute atomic E-state index is 11.3. The molecule has 2 atom stereocenters. The molecule has 4 nitrogen and oxygen atoms in total. The minimum Gasteiger partial charge on any atom is -0.506 e. The lowest BCUT2D eigenvalue weighted by Gasteiger charge is -2.06. The van der Waals surface area contributed by atoms with Crippen molar-refractivity contribution < 1.29 is 14.6 Å². The van der Waals surface area contributed by atoms with Crippen molar-refractivity contribution >= 4 is 5.97 Å². The number of aromatic hydroxyl groups is 1. The molecule has 0 aliphatic heterocycles. The zero-order valence-electron chi connectivity index (χ0n) is 10.1. The van der Waals surface area contributed by atoms with Crippen LogP contribution < -0.4 is 0 Å². The van der Waals surface area contributed by atoms with E-state index >= 15 is 0 Å². The van der Waals surface area contributed by atoms with E-state index in [-0.39, 0.29) is 17.6 Å². The summed E-state index contributed by atoms with van der Waals surface area (Å²) in [7, 11) is 0. The van der Waals surface area contributed by atoms with Crippen LogP contribution in [0.4, 0.5) is 0 Å². The van der Waals surface area contributed by atoms with Gasteiger partial charge in [0.25, 0.3) is 0 Å². The second kappa shape index (κ2) is 4.73. The molecule has 1 aliphatic carbocycles. The molecule has 1 N–H and O–H groups in total. The van der Waals surface area contributed by atoms with Crippen LogP contribution in [-0.2, 0) is 9.53 Å². The molecule has 1 heterocycles. The Balaban J connectivity index is 1.83. The first kappa shape index (κ1) is 11.9. The Morgan fingerprint density at radius 3 is 3.00 bits per heavy atom. The number of aromatic nitrogens is 1. The second-order valence-corrected chi connectivity index (χ2v) is 4.86. The van der Waals surface area contributed by atoms with Gasteiger partial charge in [-0.1, -0.05) is 13.8 Å². The molecule has 2 rings (SSSR count). The summed E-state index contributed by atoms with van der Waals surface area (Å²) in [6, 6.07) is 1.72. The fourth-order valence-electron chi connectivity index (χ4n) is 1.84. The SMILES string of the molecule is CC(C)C(=O)OC[C@@H]1C[C@@H]1c1cncc(O)c1. The Morgan fingerprint density at radius 1 is 1.59 bits per heavy atom. The highest BCUT2D eigenvalue weighted by Gasteiger charge is 2.39. The third-order valence-electron chi connectivity index (χ3n) is 3.01. The molecule has 1 aromatic heterocycles. The Kier molecular flexibility index (Phi) is 3.31. The summed E-state index contributed by atoms with van der Waals surface area (Å²) in [4.78, 5) is 15.2. The fraction of sp³-hybridized carbons (Fsp3) is 0.538. The monoisotopic (exact) mass is 235 g/mol. The highest BCUT2D eigenvalue weighted by molar-refractivity contribution is 5.71. The number of hydrogen-bond donors (Lipinski definition) is 1. The molecule has 0 radical (unpaired) electrons. The van der Waals surface area contributed by atoms with Gasteiger partial charge in [-0.25, -0.2) is 0 Å². The van der Waals surface area contributed by atoms with Gasteiger partial charge in [-0.15, -0.1) is 0 Å². The zero-order chi connectivity index (χ0) is 12.4. The summed E-state index contributed by atoms with van der Waals surface area (Å²) in [5, 5.41) is 9.32. The van der Waals surface area contributed by atoms with Crippen LogP contribution in [-0.4, -0.2) is 22.7 Å². The van der Waals surface area contributed by atoms with Crippen molar-refractivity contribution in [2.75, 3.05) is 6.61 Å². The van der Waals surface area contributed by atoms with Gasteiger partial charge in [-0.3, -0.25) is 9.78 Å². The molecule has 1 fully saturated rings. The van der Waals surface area contributed by atoms with Gasteiger partial charge in [0.2, 0.25) is 0 Å². The Hall–Kier alpha value is -1.58. The zero-order valence-corrected chi connectivity index (χ0v) is 10.1. The largest absolute Gasteiger partial charge is 0.506 e. The second-order valence-electron chi connectivity index (χ2n) is 4.86. The fourth-order valence-corrected chi connectivity index (χ4v) is 1.84. The Labute approximate surface area is 101 Å². The number of hydrogen-bond acceptors (Lipinski definition) is 4. The maximum atomic E-state index is 11.3. The van der Waals surface area contributed by atoms with Crippen molar-refractivity contribution in [1.82, 2.24) is 4.98 Å². The molecule has 0 amide bonds. The van der Waals surface area contributed by atoms with Gasteiger partial charge in [0.15, 0.2) is 0 Å². The number of rotatable bonds is 4. The molecule has 4 heteroatoms. The lowest BCUT2D eigenvalue weighted by molar-refractivity contribution is -0.147. The highest BCUT2D eigenvalue weighted by Crippen LogP contribution is 2.47. The van der Waals surface area contributed by atoms with E-state index in [1.807, 2.05) is 13.8 Å². The number of nitrogens with zero attached hydrogens (tertiary/aromatic N) is 1. The molecule has 1 saturated carbocycles. The first-order valence-electron chi connectivity index (χ1n) is 5.88. The molecule has 0 unspecified atom stereocenters. The van der Waals surface area contributed by atoms with Crippen molar-refractivity contribution in [3.05, 3.63) is 24.0 Å². The number of carbonyl (C=O) groups is 1. The van der Waals surface area contributed by atoms with Crippen LogP contribution in [0.3, 0.4) is 0 Å². The highest BCUT2D eigenvalue weighted by atomic mass is 16.5. The molecule has 92 valence electrons. The molecule has 1 aromatic rings. The van der Waals surface area contributed by atoms with Crippen LogP contribution in [0, 0.1) is 11.8 Å². The van der Waals surface area contributed by atoms with Crippen molar-refractivity contribution in [1.29, 1.82) is 0 Å². The van der Waals surface area contributed by atoms with E-state index in [9.17, 15) is 9.90 Å². The van der Waals surface area contributed by atoms with E-state index in [0.717, 1.165) is 12.0 Å². The summed E-state index contributed by atoms with van der Waals surface area (Å²) in [5.74, 6) is 0.711. The molecule has 0 spiro atoms. The van der Waals surface area contributed by atoms with Crippen molar-refractivity contribution in [2.24, 2.45) is 11.8 Å². The lowest BCUT2D eigenvalue weighted by atomic mass is 10.1. The van der Waals surface area contributed by atoms with Gasteiger partial charge in [0.1, 0.15) is 5.75 Å². The van der Waals surface area contributed by atoms with Crippen LogP contribution in [0.1, 0.15) is 31.7 Å². The topological polar surface area (TPSA) is 59.4 Å². The van der Waals surface area contributed by atoms with E-state index in [1.165, 1.54) is 6.20 Å². The summed E-state index contributed by atoms with van der Waals surface area (Å²) in [6.45, 7) is 4.12. The minimum absolute atomic E-state index is 0.0744. The van der Waals surface area contributed by atoms with Gasteiger partial charge in [0.05, 0.1) is 18.7 Å². The predicted octanol–water partition coefficient (Wildman–Crippen LogP) is 2.09. The van der Waals surface area contributed by atoms with Crippen LogP contribution in [0.2, 0.25) is 0 Å². The summed E-state index contributed by atoms with van der Waals surface area (Å²) < 4.78 is 5.19. The minimum atomic E-state index is -0.148. The third-order valence-corrected chi connectivity index (χ3v) is 3.01. The van der Waals surface area contributed by atoms with E-state index < -0.39 is 0 Å². The first-order chi connectivity index (χ1) is 8.08. The van der Waals surface area contributed by atoms with Crippen LogP contribution >= 0.6 is 0 Å². The Bertz CT molecular complexity index is 417. The van der Waals surface area contributed by atoms with E-state index in [0.29, 0.717) is 18.4 Å². The third kappa shape index (κ3) is 2.96. The number of ether oxygens (including phenoxy) is 1. The summed E-state index contributed by atoms with van der Waals surface area (Å²) in [6.07, 6.45) is 4.17. The van der Waals surface area contributed by atoms with Gasteiger partial charge < -0.3 is 9.84 Å². The van der Waals surface area contributed by atoms with Crippen molar-refractivity contribution in [3.8, 4) is 5.75 Å². The van der Waals surface area contributed by atoms with E-state index in [4.69, 9.17) is 4.74 Å². The van der Waals surface area contributed by atoms with Gasteiger partial charge >= 0.3 is 5.97 Å². The molecule has 0 bridgehead atoms. The van der Waals surface area contributed by atoms with Crippen LogP contribution in [0.25, 0.3) is 0 Å². The standard InChI is InChI=1S/C13H17NO3/c1-8(2)13(16)17-7-10-4-12(10)9-3-11(15)6-14-5-9/h3,5-6,8,10,12,15H,4,7H2,1-2H3/t10-,12+/m0/s1. The molecule has 0 aromatic carbocycles. The molecule has 0 saturated heterocycles. The van der Waals surface area contributed by atoms with E-state index in [1.54, 1.807) is 12.3 Å². The quantitative estimate of drug-likeness (QED) is 0.812. The lowest BCUT2D eigenvalue weighted by Crippen LogP contribution is -2.13. The van der Waals surface area contributed by atoms with Gasteiger partial charge in [-0.2, -0.15) is 0 Å². The predicted molar refractivity (Wildman–Crippen MR) is 62.5 cm³/mol. The summed E-state index contributed by atoms with van der Waals surface area (Å²) in [5.41, 5.74) is 1.02. The molecule has 17 heavy (non-hydrogen) atoms. The maximum Gasteiger partial charge on any atom is 0.308 e. The number of esters is 1.